The Morgan fingerprint density at radius 2 is 2.20 bits per heavy atom. The van der Waals surface area contributed by atoms with E-state index in [1.54, 1.807) is 0 Å². The largest absolute Gasteiger partial charge is 0.443 e. The molecular formula is C8H11F3N2O2. The average molecular weight is 224 g/mol. The Balaban J connectivity index is 2.31. The molecule has 0 saturated heterocycles. The second-order valence-electron chi connectivity index (χ2n) is 2.87. The summed E-state index contributed by atoms with van der Waals surface area (Å²) in [4.78, 5) is 3.81. The molecular weight excluding hydrogens is 213 g/mol. The summed E-state index contributed by atoms with van der Waals surface area (Å²) < 4.78 is 44.5. The number of nitrogens with zero attached hydrogens (tertiary/aromatic N) is 1. The van der Waals surface area contributed by atoms with Gasteiger partial charge in [-0.25, -0.2) is 4.98 Å². The molecule has 7 heteroatoms. The van der Waals surface area contributed by atoms with E-state index < -0.39 is 12.8 Å². The Kier molecular flexibility index (Phi) is 4.10. The molecule has 0 atom stereocenters. The van der Waals surface area contributed by atoms with Crippen LogP contribution in [-0.4, -0.2) is 24.3 Å². The summed E-state index contributed by atoms with van der Waals surface area (Å²) in [7, 11) is 0. The zero-order chi connectivity index (χ0) is 11.3. The van der Waals surface area contributed by atoms with E-state index >= 15 is 0 Å². The van der Waals surface area contributed by atoms with Crippen LogP contribution in [0.1, 0.15) is 11.7 Å². The quantitative estimate of drug-likeness (QED) is 0.817. The fourth-order valence-corrected chi connectivity index (χ4v) is 0.921. The maximum atomic E-state index is 11.7. The molecule has 86 valence electrons. The summed E-state index contributed by atoms with van der Waals surface area (Å²) >= 11 is 0. The van der Waals surface area contributed by atoms with Gasteiger partial charge in [0.2, 0.25) is 0 Å². The number of nitrogens with two attached hydrogens (primary N) is 1. The fraction of sp³-hybridized carbons (Fsp3) is 0.625. The van der Waals surface area contributed by atoms with Crippen LogP contribution in [0.2, 0.25) is 0 Å². The summed E-state index contributed by atoms with van der Waals surface area (Å²) in [6, 6.07) is 0. The number of aromatic nitrogens is 1. The molecule has 0 saturated carbocycles. The molecule has 0 aliphatic rings. The third-order valence-corrected chi connectivity index (χ3v) is 1.47. The van der Waals surface area contributed by atoms with Crippen molar-refractivity contribution >= 4 is 0 Å². The summed E-state index contributed by atoms with van der Waals surface area (Å²) in [5, 5.41) is 0. The standard InChI is InChI=1S/C8H11F3N2O2/c9-8(10,11)5-14-4-6-3-13-7(15-6)1-2-12/h3H,1-2,4-5,12H2. The molecule has 0 aromatic carbocycles. The van der Waals surface area contributed by atoms with Gasteiger partial charge in [0.1, 0.15) is 19.0 Å². The molecule has 1 rings (SSSR count). The van der Waals surface area contributed by atoms with Gasteiger partial charge < -0.3 is 14.9 Å². The molecule has 0 bridgehead atoms. The molecule has 0 aliphatic heterocycles. The van der Waals surface area contributed by atoms with Crippen molar-refractivity contribution in [2.45, 2.75) is 19.2 Å². The second kappa shape index (κ2) is 5.13. The van der Waals surface area contributed by atoms with Gasteiger partial charge in [-0.15, -0.1) is 0 Å². The number of rotatable bonds is 5. The van der Waals surface area contributed by atoms with Crippen LogP contribution in [0.4, 0.5) is 13.2 Å². The van der Waals surface area contributed by atoms with Crippen LogP contribution in [0.3, 0.4) is 0 Å². The Morgan fingerprint density at radius 3 is 2.80 bits per heavy atom. The van der Waals surface area contributed by atoms with Crippen LogP contribution in [0.25, 0.3) is 0 Å². The minimum Gasteiger partial charge on any atom is -0.443 e. The van der Waals surface area contributed by atoms with Crippen molar-refractivity contribution in [2.75, 3.05) is 13.2 Å². The molecule has 4 nitrogen and oxygen atoms in total. The monoisotopic (exact) mass is 224 g/mol. The molecule has 0 spiro atoms. The molecule has 0 aliphatic carbocycles. The molecule has 0 radical (unpaired) electrons. The third-order valence-electron chi connectivity index (χ3n) is 1.47. The summed E-state index contributed by atoms with van der Waals surface area (Å²) in [5.41, 5.74) is 5.25. The van der Waals surface area contributed by atoms with Crippen LogP contribution in [0.15, 0.2) is 10.6 Å². The summed E-state index contributed by atoms with van der Waals surface area (Å²) in [6.45, 7) is -1.15. The minimum absolute atomic E-state index is 0.239. The molecule has 1 heterocycles. The highest BCUT2D eigenvalue weighted by Gasteiger charge is 2.27. The lowest BCUT2D eigenvalue weighted by Crippen LogP contribution is -2.16. The van der Waals surface area contributed by atoms with Crippen molar-refractivity contribution in [1.29, 1.82) is 0 Å². The Morgan fingerprint density at radius 1 is 1.47 bits per heavy atom. The van der Waals surface area contributed by atoms with Crippen LogP contribution in [0, 0.1) is 0 Å². The molecule has 0 amide bonds. The first-order valence-electron chi connectivity index (χ1n) is 4.29. The second-order valence-corrected chi connectivity index (χ2v) is 2.87. The van der Waals surface area contributed by atoms with Crippen molar-refractivity contribution in [3.05, 3.63) is 17.8 Å². The molecule has 1 aromatic rings. The van der Waals surface area contributed by atoms with Gasteiger partial charge in [-0.2, -0.15) is 13.2 Å². The minimum atomic E-state index is -4.32. The zero-order valence-corrected chi connectivity index (χ0v) is 7.88. The van der Waals surface area contributed by atoms with E-state index in [0.29, 0.717) is 18.9 Å². The number of hydrogen-bond acceptors (Lipinski definition) is 4. The van der Waals surface area contributed by atoms with Crippen molar-refractivity contribution in [1.82, 2.24) is 4.98 Å². The van der Waals surface area contributed by atoms with Crippen molar-refractivity contribution < 1.29 is 22.3 Å². The maximum absolute atomic E-state index is 11.7. The van der Waals surface area contributed by atoms with Crippen LogP contribution >= 0.6 is 0 Å². The van der Waals surface area contributed by atoms with E-state index in [1.807, 2.05) is 0 Å². The number of hydrogen-bond donors (Lipinski definition) is 1. The van der Waals surface area contributed by atoms with Crippen LogP contribution in [0.5, 0.6) is 0 Å². The van der Waals surface area contributed by atoms with E-state index in [-0.39, 0.29) is 12.4 Å². The van der Waals surface area contributed by atoms with E-state index in [4.69, 9.17) is 10.2 Å². The van der Waals surface area contributed by atoms with Crippen molar-refractivity contribution in [3.63, 3.8) is 0 Å². The topological polar surface area (TPSA) is 61.3 Å². The first kappa shape index (κ1) is 12.0. The highest BCUT2D eigenvalue weighted by Crippen LogP contribution is 2.15. The smallest absolute Gasteiger partial charge is 0.411 e. The van der Waals surface area contributed by atoms with Gasteiger partial charge in [0.25, 0.3) is 0 Å². The van der Waals surface area contributed by atoms with Gasteiger partial charge in [-0.05, 0) is 0 Å². The van der Waals surface area contributed by atoms with Crippen molar-refractivity contribution in [2.24, 2.45) is 5.73 Å². The van der Waals surface area contributed by atoms with E-state index in [9.17, 15) is 13.2 Å². The number of alkyl halides is 3. The van der Waals surface area contributed by atoms with Crippen LogP contribution < -0.4 is 5.73 Å². The Hall–Kier alpha value is -1.08. The van der Waals surface area contributed by atoms with Gasteiger partial charge in [0.15, 0.2) is 5.89 Å². The Bertz CT molecular complexity index is 298. The lowest BCUT2D eigenvalue weighted by atomic mass is 10.4. The van der Waals surface area contributed by atoms with Gasteiger partial charge in [-0.1, -0.05) is 0 Å². The lowest BCUT2D eigenvalue weighted by molar-refractivity contribution is -0.177. The lowest BCUT2D eigenvalue weighted by Gasteiger charge is -2.05. The predicted molar refractivity (Wildman–Crippen MR) is 45.0 cm³/mol. The third kappa shape index (κ3) is 4.80. The van der Waals surface area contributed by atoms with Gasteiger partial charge >= 0.3 is 6.18 Å². The highest BCUT2D eigenvalue weighted by molar-refractivity contribution is 4.92. The first-order valence-corrected chi connectivity index (χ1v) is 4.29. The SMILES string of the molecule is NCCc1ncc(COCC(F)(F)F)o1. The predicted octanol–water partition coefficient (Wildman–Crippen LogP) is 1.25. The maximum Gasteiger partial charge on any atom is 0.411 e. The van der Waals surface area contributed by atoms with E-state index in [1.165, 1.54) is 6.20 Å². The number of ether oxygens (including phenoxy) is 1. The molecule has 1 aromatic heterocycles. The zero-order valence-electron chi connectivity index (χ0n) is 7.88. The van der Waals surface area contributed by atoms with E-state index in [2.05, 4.69) is 9.72 Å². The summed E-state index contributed by atoms with van der Waals surface area (Å²) in [6.07, 6.45) is -2.53. The highest BCUT2D eigenvalue weighted by atomic mass is 19.4. The normalized spacial score (nSPS) is 12.0. The molecule has 0 fully saturated rings. The number of oxazole rings is 1. The number of halogens is 3. The van der Waals surface area contributed by atoms with Gasteiger partial charge in [0.05, 0.1) is 6.20 Å². The summed E-state index contributed by atoms with van der Waals surface area (Å²) in [5.74, 6) is 0.672. The molecule has 2 N–H and O–H groups in total. The molecule has 0 unspecified atom stereocenters. The fourth-order valence-electron chi connectivity index (χ4n) is 0.921. The van der Waals surface area contributed by atoms with Crippen molar-refractivity contribution in [3.8, 4) is 0 Å². The van der Waals surface area contributed by atoms with Gasteiger partial charge in [-0.3, -0.25) is 0 Å². The van der Waals surface area contributed by atoms with Crippen LogP contribution in [-0.2, 0) is 17.8 Å². The molecule has 15 heavy (non-hydrogen) atoms. The average Bonchev–Trinajstić information content (AvgIpc) is 2.51. The van der Waals surface area contributed by atoms with Gasteiger partial charge in [0, 0.05) is 13.0 Å². The Labute approximate surface area is 84.2 Å². The van der Waals surface area contributed by atoms with E-state index in [0.717, 1.165) is 0 Å². The first-order chi connectivity index (χ1) is 7.01.